The molecule has 0 aliphatic carbocycles. The number of rotatable bonds is 7. The molecule has 0 saturated heterocycles. The maximum atomic E-state index is 5.09. The fraction of sp³-hybridized carbons (Fsp3) is 0.333. The number of ether oxygens (including phenoxy) is 1. The zero-order valence-corrected chi connectivity index (χ0v) is 8.98. The van der Waals surface area contributed by atoms with Crippen molar-refractivity contribution in [2.75, 3.05) is 26.9 Å². The van der Waals surface area contributed by atoms with Gasteiger partial charge >= 0.3 is 0 Å². The summed E-state index contributed by atoms with van der Waals surface area (Å²) in [5.74, 6) is 0. The lowest BCUT2D eigenvalue weighted by molar-refractivity contribution is 0.0123. The van der Waals surface area contributed by atoms with Crippen LogP contribution < -0.4 is 5.48 Å². The number of benzene rings is 1. The quantitative estimate of drug-likeness (QED) is 0.547. The van der Waals surface area contributed by atoms with E-state index in [4.69, 9.17) is 9.57 Å². The summed E-state index contributed by atoms with van der Waals surface area (Å²) >= 11 is 0. The first-order valence-electron chi connectivity index (χ1n) is 4.98. The molecule has 3 nitrogen and oxygen atoms in total. The predicted octanol–water partition coefficient (Wildman–Crippen LogP) is 1.87. The maximum absolute atomic E-state index is 5.09. The molecule has 3 heteroatoms. The molecule has 1 aromatic rings. The third-order valence-electron chi connectivity index (χ3n) is 1.80. The third-order valence-corrected chi connectivity index (χ3v) is 1.80. The lowest BCUT2D eigenvalue weighted by Gasteiger charge is -2.01. The van der Waals surface area contributed by atoms with Crippen LogP contribution >= 0.6 is 0 Å². The molecule has 0 bridgehead atoms. The van der Waals surface area contributed by atoms with Gasteiger partial charge in [-0.2, -0.15) is 5.48 Å². The number of hydroxylamine groups is 1. The average Bonchev–Trinajstić information content (AvgIpc) is 2.29. The van der Waals surface area contributed by atoms with Gasteiger partial charge in [-0.25, -0.2) is 0 Å². The minimum atomic E-state index is 0.565. The van der Waals surface area contributed by atoms with E-state index in [2.05, 4.69) is 17.6 Å². The lowest BCUT2D eigenvalue weighted by Crippen LogP contribution is -2.17. The molecular weight excluding hydrogens is 190 g/mol. The van der Waals surface area contributed by atoms with Gasteiger partial charge in [0.1, 0.15) is 0 Å². The standard InChI is InChI=1S/C12H17NO2/c1-14-10-11-15-13-9-5-8-12-6-3-2-4-7-12/h2-8,13H,9-11H2,1H3/b8-5+. The van der Waals surface area contributed by atoms with Gasteiger partial charge in [0.25, 0.3) is 0 Å². The summed E-state index contributed by atoms with van der Waals surface area (Å²) in [6.45, 7) is 1.86. The second-order valence-corrected chi connectivity index (χ2v) is 3.00. The Kier molecular flexibility index (Phi) is 6.49. The van der Waals surface area contributed by atoms with Crippen molar-refractivity contribution in [3.05, 3.63) is 42.0 Å². The minimum absolute atomic E-state index is 0.565. The Labute approximate surface area is 90.7 Å². The van der Waals surface area contributed by atoms with Crippen LogP contribution in [0, 0.1) is 0 Å². The van der Waals surface area contributed by atoms with Gasteiger partial charge in [0.2, 0.25) is 0 Å². The fourth-order valence-corrected chi connectivity index (χ4v) is 1.06. The molecule has 0 spiro atoms. The summed E-state index contributed by atoms with van der Waals surface area (Å²) in [5, 5.41) is 0. The Hall–Kier alpha value is -1.16. The number of methoxy groups -OCH3 is 1. The van der Waals surface area contributed by atoms with E-state index in [1.807, 2.05) is 30.4 Å². The van der Waals surface area contributed by atoms with Crippen molar-refractivity contribution >= 4 is 6.08 Å². The highest BCUT2D eigenvalue weighted by molar-refractivity contribution is 5.48. The summed E-state index contributed by atoms with van der Waals surface area (Å²) in [6, 6.07) is 10.2. The van der Waals surface area contributed by atoms with Gasteiger partial charge in [0, 0.05) is 13.7 Å². The van der Waals surface area contributed by atoms with E-state index >= 15 is 0 Å². The van der Waals surface area contributed by atoms with Crippen LogP contribution in [0.25, 0.3) is 6.08 Å². The number of nitrogens with one attached hydrogen (secondary N) is 1. The molecule has 0 radical (unpaired) electrons. The van der Waals surface area contributed by atoms with Gasteiger partial charge in [-0.1, -0.05) is 42.5 Å². The molecule has 15 heavy (non-hydrogen) atoms. The molecule has 0 aliphatic heterocycles. The van der Waals surface area contributed by atoms with Crippen LogP contribution in [0.1, 0.15) is 5.56 Å². The first kappa shape index (κ1) is 11.9. The van der Waals surface area contributed by atoms with E-state index in [0.717, 1.165) is 0 Å². The molecule has 1 aromatic carbocycles. The van der Waals surface area contributed by atoms with Crippen LogP contribution in [-0.4, -0.2) is 26.9 Å². The summed E-state index contributed by atoms with van der Waals surface area (Å²) < 4.78 is 4.83. The molecule has 0 fully saturated rings. The third kappa shape index (κ3) is 6.01. The van der Waals surface area contributed by atoms with E-state index in [1.54, 1.807) is 7.11 Å². The topological polar surface area (TPSA) is 30.5 Å². The second-order valence-electron chi connectivity index (χ2n) is 3.00. The number of hydrogen-bond donors (Lipinski definition) is 1. The smallest absolute Gasteiger partial charge is 0.0916 e. The maximum Gasteiger partial charge on any atom is 0.0916 e. The molecule has 0 unspecified atom stereocenters. The largest absolute Gasteiger partial charge is 0.382 e. The molecule has 0 aromatic heterocycles. The molecule has 0 heterocycles. The van der Waals surface area contributed by atoms with Crippen LogP contribution in [0.15, 0.2) is 36.4 Å². The zero-order valence-electron chi connectivity index (χ0n) is 8.98. The van der Waals surface area contributed by atoms with Crippen LogP contribution in [-0.2, 0) is 9.57 Å². The zero-order chi connectivity index (χ0) is 10.8. The fourth-order valence-electron chi connectivity index (χ4n) is 1.06. The first-order chi connectivity index (χ1) is 7.43. The Morgan fingerprint density at radius 3 is 2.73 bits per heavy atom. The van der Waals surface area contributed by atoms with Gasteiger partial charge in [-0.05, 0) is 5.56 Å². The Morgan fingerprint density at radius 1 is 1.20 bits per heavy atom. The number of hydrogen-bond acceptors (Lipinski definition) is 3. The van der Waals surface area contributed by atoms with E-state index < -0.39 is 0 Å². The highest BCUT2D eigenvalue weighted by Crippen LogP contribution is 1.99. The molecule has 1 rings (SSSR count). The molecule has 0 atom stereocenters. The van der Waals surface area contributed by atoms with Crippen LogP contribution in [0.2, 0.25) is 0 Å². The Balaban J connectivity index is 2.07. The van der Waals surface area contributed by atoms with Crippen molar-refractivity contribution in [3.63, 3.8) is 0 Å². The van der Waals surface area contributed by atoms with Crippen molar-refractivity contribution in [2.45, 2.75) is 0 Å². The van der Waals surface area contributed by atoms with Crippen LogP contribution in [0.5, 0.6) is 0 Å². The van der Waals surface area contributed by atoms with Crippen molar-refractivity contribution in [2.24, 2.45) is 0 Å². The normalized spacial score (nSPS) is 11.0. The highest BCUT2D eigenvalue weighted by atomic mass is 16.7. The van der Waals surface area contributed by atoms with Gasteiger partial charge in [-0.3, -0.25) is 4.84 Å². The van der Waals surface area contributed by atoms with E-state index in [0.29, 0.717) is 19.8 Å². The Morgan fingerprint density at radius 2 is 2.00 bits per heavy atom. The molecule has 0 saturated carbocycles. The molecule has 1 N–H and O–H groups in total. The van der Waals surface area contributed by atoms with Gasteiger partial charge in [0.05, 0.1) is 13.2 Å². The highest BCUT2D eigenvalue weighted by Gasteiger charge is 1.84. The Bertz CT molecular complexity index is 272. The average molecular weight is 207 g/mol. The second kappa shape index (κ2) is 8.17. The summed E-state index contributed by atoms with van der Waals surface area (Å²) in [7, 11) is 1.65. The summed E-state index contributed by atoms with van der Waals surface area (Å²) in [6.07, 6.45) is 4.06. The van der Waals surface area contributed by atoms with E-state index in [9.17, 15) is 0 Å². The van der Waals surface area contributed by atoms with Crippen molar-refractivity contribution in [1.29, 1.82) is 0 Å². The minimum Gasteiger partial charge on any atom is -0.382 e. The van der Waals surface area contributed by atoms with Crippen molar-refractivity contribution in [1.82, 2.24) is 5.48 Å². The molecular formula is C12H17NO2. The monoisotopic (exact) mass is 207 g/mol. The van der Waals surface area contributed by atoms with Crippen LogP contribution in [0.4, 0.5) is 0 Å². The van der Waals surface area contributed by atoms with Gasteiger partial charge in [-0.15, -0.1) is 0 Å². The summed E-state index contributed by atoms with van der Waals surface area (Å²) in [5.41, 5.74) is 4.01. The van der Waals surface area contributed by atoms with Crippen molar-refractivity contribution < 1.29 is 9.57 Å². The van der Waals surface area contributed by atoms with Gasteiger partial charge in [0.15, 0.2) is 0 Å². The molecule has 0 aliphatic rings. The van der Waals surface area contributed by atoms with Crippen molar-refractivity contribution in [3.8, 4) is 0 Å². The molecule has 0 amide bonds. The SMILES string of the molecule is COCCONC/C=C/c1ccccc1. The predicted molar refractivity (Wildman–Crippen MR) is 61.3 cm³/mol. The van der Waals surface area contributed by atoms with E-state index in [-0.39, 0.29) is 0 Å². The molecule has 82 valence electrons. The summed E-state index contributed by atoms with van der Waals surface area (Å²) in [4.78, 5) is 5.09. The van der Waals surface area contributed by atoms with E-state index in [1.165, 1.54) is 5.56 Å². The first-order valence-corrected chi connectivity index (χ1v) is 4.98. The lowest BCUT2D eigenvalue weighted by atomic mass is 10.2. The van der Waals surface area contributed by atoms with Crippen LogP contribution in [0.3, 0.4) is 0 Å². The van der Waals surface area contributed by atoms with Gasteiger partial charge < -0.3 is 4.74 Å².